The Labute approximate surface area is 289 Å². The molecular formula is C36H42N4O10. The number of anilines is 2. The van der Waals surface area contributed by atoms with Gasteiger partial charge >= 0.3 is 12.1 Å². The van der Waals surface area contributed by atoms with Crippen LogP contribution in [0.3, 0.4) is 0 Å². The lowest BCUT2D eigenvalue weighted by molar-refractivity contribution is -0.198. The van der Waals surface area contributed by atoms with Gasteiger partial charge in [-0.25, -0.2) is 14.5 Å². The predicted octanol–water partition coefficient (Wildman–Crippen LogP) is 4.94. The third kappa shape index (κ3) is 7.41. The summed E-state index contributed by atoms with van der Waals surface area (Å²) in [6, 6.07) is 11.4. The first-order chi connectivity index (χ1) is 24.2. The summed E-state index contributed by atoms with van der Waals surface area (Å²) in [6.07, 6.45) is 3.57. The quantitative estimate of drug-likeness (QED) is 0.279. The number of methoxy groups -OCH3 is 2. The number of piperidine rings is 1. The number of hydrogen-bond donors (Lipinski definition) is 2. The lowest BCUT2D eigenvalue weighted by Gasteiger charge is -2.42. The van der Waals surface area contributed by atoms with Crippen molar-refractivity contribution in [2.45, 2.75) is 70.1 Å². The number of carbonyl (C=O) groups is 4. The van der Waals surface area contributed by atoms with Crippen LogP contribution in [0.4, 0.5) is 16.2 Å². The molecule has 3 amide bonds. The maximum absolute atomic E-state index is 14.0. The highest BCUT2D eigenvalue weighted by molar-refractivity contribution is 6.05. The number of ether oxygens (including phenoxy) is 5. The second-order valence-corrected chi connectivity index (χ2v) is 12.6. The molecule has 0 aliphatic carbocycles. The number of aromatic nitrogens is 1. The van der Waals surface area contributed by atoms with Gasteiger partial charge in [-0.2, -0.15) is 0 Å². The molecule has 1 unspecified atom stereocenters. The smallest absolute Gasteiger partial charge is 0.414 e. The number of nitrogens with one attached hydrogen (secondary N) is 1. The molecule has 50 heavy (non-hydrogen) atoms. The van der Waals surface area contributed by atoms with Crippen LogP contribution in [0.5, 0.6) is 11.5 Å². The molecule has 3 aliphatic heterocycles. The number of benzene rings is 2. The molecule has 4 heterocycles. The minimum atomic E-state index is -1.26. The zero-order valence-electron chi connectivity index (χ0n) is 28.4. The average Bonchev–Trinajstić information content (AvgIpc) is 3.44. The van der Waals surface area contributed by atoms with Crippen molar-refractivity contribution >= 4 is 35.3 Å². The topological polar surface area (TPSA) is 158 Å². The molecule has 2 aromatic carbocycles. The molecule has 1 aromatic heterocycles. The number of amides is 3. The second kappa shape index (κ2) is 15.2. The van der Waals surface area contributed by atoms with Crippen molar-refractivity contribution in [1.82, 2.24) is 9.47 Å². The molecule has 0 saturated carbocycles. The maximum Gasteiger partial charge on any atom is 0.414 e. The zero-order chi connectivity index (χ0) is 35.4. The highest BCUT2D eigenvalue weighted by Gasteiger charge is 2.46. The van der Waals surface area contributed by atoms with Gasteiger partial charge < -0.3 is 43.6 Å². The number of aryl methyl sites for hydroxylation is 1. The number of nitrogens with zero attached hydrogens (tertiary/aromatic N) is 3. The van der Waals surface area contributed by atoms with Crippen LogP contribution in [-0.2, 0) is 39.1 Å². The van der Waals surface area contributed by atoms with E-state index in [1.54, 1.807) is 28.8 Å². The summed E-state index contributed by atoms with van der Waals surface area (Å²) in [5, 5.41) is 13.4. The summed E-state index contributed by atoms with van der Waals surface area (Å²) in [5.74, 6) is -0.559. The fraction of sp³-hybridized carbons (Fsp3) is 0.444. The molecule has 14 nitrogen and oxygen atoms in total. The SMILES string of the molecule is COC(=O)c1cc(NC(=O)Cc2cccc(COc3cc4c(cc3OC)C(=O)N3CCCC[C@H]3[C@H](OC3CCCCO3)N4C(=O)O)c2)cn1C. The van der Waals surface area contributed by atoms with Gasteiger partial charge in [0.05, 0.1) is 43.6 Å². The molecule has 266 valence electrons. The Kier molecular flexibility index (Phi) is 10.6. The summed E-state index contributed by atoms with van der Waals surface area (Å²) in [6.45, 7) is 1.08. The van der Waals surface area contributed by atoms with Crippen molar-refractivity contribution in [3.63, 3.8) is 0 Å². The molecular weight excluding hydrogens is 648 g/mol. The van der Waals surface area contributed by atoms with E-state index >= 15 is 0 Å². The van der Waals surface area contributed by atoms with Crippen LogP contribution in [0.15, 0.2) is 48.7 Å². The van der Waals surface area contributed by atoms with E-state index in [0.29, 0.717) is 37.4 Å². The first kappa shape index (κ1) is 34.8. The summed E-state index contributed by atoms with van der Waals surface area (Å²) < 4.78 is 30.4. The lowest BCUT2D eigenvalue weighted by atomic mass is 10.00. The third-order valence-electron chi connectivity index (χ3n) is 9.23. The third-order valence-corrected chi connectivity index (χ3v) is 9.23. The van der Waals surface area contributed by atoms with Gasteiger partial charge in [0.1, 0.15) is 12.3 Å². The number of rotatable bonds is 10. The fourth-order valence-corrected chi connectivity index (χ4v) is 6.82. The molecule has 2 N–H and O–H groups in total. The summed E-state index contributed by atoms with van der Waals surface area (Å²) in [5.41, 5.74) is 2.59. The lowest BCUT2D eigenvalue weighted by Crippen LogP contribution is -2.57. The Morgan fingerprint density at radius 3 is 2.54 bits per heavy atom. The zero-order valence-corrected chi connectivity index (χ0v) is 28.4. The van der Waals surface area contributed by atoms with Crippen molar-refractivity contribution in [2.24, 2.45) is 7.05 Å². The minimum absolute atomic E-state index is 0.0669. The normalized spacial score (nSPS) is 20.3. The maximum atomic E-state index is 14.0. The van der Waals surface area contributed by atoms with E-state index in [-0.39, 0.29) is 47.6 Å². The van der Waals surface area contributed by atoms with Crippen LogP contribution in [-0.4, -0.2) is 84.4 Å². The van der Waals surface area contributed by atoms with Crippen molar-refractivity contribution in [3.8, 4) is 11.5 Å². The fourth-order valence-electron chi connectivity index (χ4n) is 6.82. The minimum Gasteiger partial charge on any atom is -0.493 e. The van der Waals surface area contributed by atoms with Gasteiger partial charge in [0, 0.05) is 32.5 Å². The van der Waals surface area contributed by atoms with Crippen molar-refractivity contribution in [2.75, 3.05) is 37.6 Å². The molecule has 3 aliphatic rings. The van der Waals surface area contributed by atoms with Gasteiger partial charge in [0.2, 0.25) is 5.91 Å². The predicted molar refractivity (Wildman–Crippen MR) is 180 cm³/mol. The Balaban J connectivity index is 1.23. The van der Waals surface area contributed by atoms with Crippen LogP contribution in [0.1, 0.15) is 70.5 Å². The highest BCUT2D eigenvalue weighted by Crippen LogP contribution is 2.42. The van der Waals surface area contributed by atoms with E-state index in [4.69, 9.17) is 23.7 Å². The standard InChI is InChI=1S/C36H42N4O10/c1-38-20-24(17-28(38)35(43)47-3)37-31(41)16-22-9-8-10-23(15-22)21-49-30-19-27-25(18-29(30)46-2)33(42)39-13-6-4-11-26(39)34(40(27)36(44)45)50-32-12-5-7-14-48-32/h8-10,15,17-20,26,32,34H,4-7,11-14,16,21H2,1-3H3,(H,37,41)(H,44,45)/t26-,32?,34-/m0/s1. The van der Waals surface area contributed by atoms with Gasteiger partial charge in [-0.1, -0.05) is 24.3 Å². The van der Waals surface area contributed by atoms with E-state index in [0.717, 1.165) is 41.7 Å². The number of hydrogen-bond acceptors (Lipinski definition) is 9. The van der Waals surface area contributed by atoms with Crippen LogP contribution < -0.4 is 19.7 Å². The number of fused-ring (bicyclic) bond motifs is 2. The van der Waals surface area contributed by atoms with Gasteiger partial charge in [0.25, 0.3) is 5.91 Å². The molecule has 2 fully saturated rings. The molecule has 3 aromatic rings. The van der Waals surface area contributed by atoms with Crippen molar-refractivity contribution in [1.29, 1.82) is 0 Å². The van der Waals surface area contributed by atoms with Crippen LogP contribution in [0, 0.1) is 0 Å². The van der Waals surface area contributed by atoms with E-state index < -0.39 is 30.6 Å². The van der Waals surface area contributed by atoms with Crippen molar-refractivity contribution in [3.05, 3.63) is 71.0 Å². The first-order valence-electron chi connectivity index (χ1n) is 16.7. The molecule has 6 rings (SSSR count). The Bertz CT molecular complexity index is 1750. The first-order valence-corrected chi connectivity index (χ1v) is 16.7. The van der Waals surface area contributed by atoms with Crippen LogP contribution in [0.25, 0.3) is 0 Å². The van der Waals surface area contributed by atoms with Gasteiger partial charge in [0.15, 0.2) is 24.0 Å². The molecule has 14 heteroatoms. The number of carboxylic acid groups (broad SMARTS) is 1. The summed E-state index contributed by atoms with van der Waals surface area (Å²) in [4.78, 5) is 54.6. The van der Waals surface area contributed by atoms with E-state index in [9.17, 15) is 24.3 Å². The van der Waals surface area contributed by atoms with Crippen molar-refractivity contribution < 1.29 is 48.0 Å². The molecule has 2 saturated heterocycles. The van der Waals surface area contributed by atoms with Gasteiger partial charge in [-0.05, 0) is 61.8 Å². The van der Waals surface area contributed by atoms with Crippen LogP contribution >= 0.6 is 0 Å². The van der Waals surface area contributed by atoms with E-state index in [1.807, 2.05) is 24.3 Å². The Morgan fingerprint density at radius 1 is 1.00 bits per heavy atom. The van der Waals surface area contributed by atoms with Gasteiger partial charge in [-0.3, -0.25) is 9.59 Å². The monoisotopic (exact) mass is 690 g/mol. The Morgan fingerprint density at radius 2 is 1.80 bits per heavy atom. The molecule has 3 atom stereocenters. The molecule has 0 bridgehead atoms. The average molecular weight is 691 g/mol. The van der Waals surface area contributed by atoms with E-state index in [1.165, 1.54) is 26.4 Å². The van der Waals surface area contributed by atoms with Crippen LogP contribution in [0.2, 0.25) is 0 Å². The Hall–Kier alpha value is -5.08. The largest absolute Gasteiger partial charge is 0.493 e. The summed E-state index contributed by atoms with van der Waals surface area (Å²) >= 11 is 0. The highest BCUT2D eigenvalue weighted by atomic mass is 16.7. The number of esters is 1. The van der Waals surface area contributed by atoms with Gasteiger partial charge in [-0.15, -0.1) is 0 Å². The second-order valence-electron chi connectivity index (χ2n) is 12.6. The van der Waals surface area contributed by atoms with E-state index in [2.05, 4.69) is 5.32 Å². The molecule has 0 radical (unpaired) electrons. The number of carbonyl (C=O) groups excluding carboxylic acids is 3. The summed E-state index contributed by atoms with van der Waals surface area (Å²) in [7, 11) is 4.44. The molecule has 0 spiro atoms.